The lowest BCUT2D eigenvalue weighted by Gasteiger charge is -2.25. The van der Waals surface area contributed by atoms with Gasteiger partial charge in [0.15, 0.2) is 5.13 Å². The zero-order chi connectivity index (χ0) is 17.5. The van der Waals surface area contributed by atoms with E-state index in [1.807, 2.05) is 11.4 Å². The number of thiazole rings is 1. The molecule has 7 nitrogen and oxygen atoms in total. The highest BCUT2D eigenvalue weighted by atomic mass is 32.1. The lowest BCUT2D eigenvalue weighted by molar-refractivity contribution is -0.121. The number of aromatic nitrogens is 1. The topological polar surface area (TPSA) is 83.6 Å². The summed E-state index contributed by atoms with van der Waals surface area (Å²) in [7, 11) is 0. The van der Waals surface area contributed by atoms with E-state index in [1.54, 1.807) is 16.7 Å². The number of aryl methyl sites for hydroxylation is 1. The first-order valence-electron chi connectivity index (χ1n) is 8.12. The summed E-state index contributed by atoms with van der Waals surface area (Å²) in [5.41, 5.74) is 5.18. The molecule has 0 spiro atoms. The molecule has 134 valence electrons. The van der Waals surface area contributed by atoms with Crippen LogP contribution in [-0.2, 0) is 16.0 Å². The minimum Gasteiger partial charge on any atom is -0.378 e. The van der Waals surface area contributed by atoms with Crippen molar-refractivity contribution < 1.29 is 14.3 Å². The van der Waals surface area contributed by atoms with E-state index in [-0.39, 0.29) is 5.91 Å². The maximum Gasteiger partial charge on any atom is 0.289 e. The molecule has 3 rings (SSSR count). The number of nitrogens with zero attached hydrogens (tertiary/aromatic N) is 2. The van der Waals surface area contributed by atoms with Gasteiger partial charge in [0.1, 0.15) is 5.69 Å². The molecule has 0 atom stereocenters. The summed E-state index contributed by atoms with van der Waals surface area (Å²) in [6, 6.07) is 4.05. The van der Waals surface area contributed by atoms with Gasteiger partial charge in [0.05, 0.1) is 13.2 Å². The Morgan fingerprint density at radius 2 is 2.08 bits per heavy atom. The second-order valence-electron chi connectivity index (χ2n) is 5.55. The van der Waals surface area contributed by atoms with Gasteiger partial charge in [-0.1, -0.05) is 6.07 Å². The lowest BCUT2D eigenvalue weighted by atomic mass is 10.2. The fourth-order valence-electron chi connectivity index (χ4n) is 2.40. The van der Waals surface area contributed by atoms with Crippen LogP contribution in [0.1, 0.15) is 28.2 Å². The van der Waals surface area contributed by atoms with Crippen molar-refractivity contribution >= 4 is 39.6 Å². The molecule has 0 aliphatic carbocycles. The van der Waals surface area contributed by atoms with Crippen LogP contribution in [0.25, 0.3) is 0 Å². The smallest absolute Gasteiger partial charge is 0.289 e. The molecule has 0 aromatic carbocycles. The van der Waals surface area contributed by atoms with Crippen LogP contribution in [0.4, 0.5) is 5.13 Å². The Bertz CT molecular complexity index is 696. The van der Waals surface area contributed by atoms with E-state index in [4.69, 9.17) is 4.74 Å². The highest BCUT2D eigenvalue weighted by Gasteiger charge is 2.17. The SMILES string of the molecule is O=C(CCCc1cccs1)NNC(=O)c1csc(N2CCOCC2)n1. The maximum absolute atomic E-state index is 12.1. The number of rotatable bonds is 6. The number of hydrogen-bond donors (Lipinski definition) is 2. The van der Waals surface area contributed by atoms with Gasteiger partial charge in [-0.2, -0.15) is 0 Å². The summed E-state index contributed by atoms with van der Waals surface area (Å²) < 4.78 is 5.31. The number of nitrogens with one attached hydrogen (secondary N) is 2. The molecule has 1 fully saturated rings. The van der Waals surface area contributed by atoms with Crippen LogP contribution in [0.3, 0.4) is 0 Å². The van der Waals surface area contributed by atoms with Crippen molar-refractivity contribution in [1.29, 1.82) is 0 Å². The third kappa shape index (κ3) is 5.25. The zero-order valence-corrected chi connectivity index (χ0v) is 15.3. The standard InChI is InChI=1S/C16H20N4O3S2/c21-14(5-1-3-12-4-2-10-24-12)18-19-15(22)13-11-25-16(17-13)20-6-8-23-9-7-20/h2,4,10-11H,1,3,5-9H2,(H,18,21)(H,19,22). The summed E-state index contributed by atoms with van der Waals surface area (Å²) in [4.78, 5) is 31.6. The average molecular weight is 380 g/mol. The second-order valence-corrected chi connectivity index (χ2v) is 7.42. The first-order valence-corrected chi connectivity index (χ1v) is 9.88. The van der Waals surface area contributed by atoms with E-state index in [0.717, 1.165) is 31.1 Å². The summed E-state index contributed by atoms with van der Waals surface area (Å²) in [6.07, 6.45) is 1.99. The van der Waals surface area contributed by atoms with Gasteiger partial charge in [-0.25, -0.2) is 4.98 Å². The normalized spacial score (nSPS) is 14.3. The molecule has 2 amide bonds. The van der Waals surface area contributed by atoms with Crippen molar-refractivity contribution in [3.8, 4) is 0 Å². The maximum atomic E-state index is 12.1. The van der Waals surface area contributed by atoms with Crippen molar-refractivity contribution in [2.75, 3.05) is 31.2 Å². The van der Waals surface area contributed by atoms with E-state index in [1.165, 1.54) is 16.2 Å². The van der Waals surface area contributed by atoms with E-state index >= 15 is 0 Å². The number of carbonyl (C=O) groups excluding carboxylic acids is 2. The minimum atomic E-state index is -0.401. The zero-order valence-electron chi connectivity index (χ0n) is 13.7. The molecular formula is C16H20N4O3S2. The Hall–Kier alpha value is -1.97. The predicted octanol–water partition coefficient (Wildman–Crippen LogP) is 1.83. The van der Waals surface area contributed by atoms with Crippen molar-refractivity contribution in [3.05, 3.63) is 33.5 Å². The molecule has 1 saturated heterocycles. The molecule has 9 heteroatoms. The summed E-state index contributed by atoms with van der Waals surface area (Å²) in [6.45, 7) is 2.89. The molecule has 0 unspecified atom stereocenters. The van der Waals surface area contributed by atoms with Crippen molar-refractivity contribution in [2.24, 2.45) is 0 Å². The Morgan fingerprint density at radius 3 is 2.84 bits per heavy atom. The molecule has 3 heterocycles. The molecule has 0 saturated carbocycles. The number of hydrazine groups is 1. The highest BCUT2D eigenvalue weighted by Crippen LogP contribution is 2.21. The monoisotopic (exact) mass is 380 g/mol. The first-order chi connectivity index (χ1) is 12.2. The van der Waals surface area contributed by atoms with Gasteiger partial charge in [-0.05, 0) is 24.3 Å². The lowest BCUT2D eigenvalue weighted by Crippen LogP contribution is -2.41. The van der Waals surface area contributed by atoms with E-state index < -0.39 is 5.91 Å². The van der Waals surface area contributed by atoms with Crippen LogP contribution in [0.5, 0.6) is 0 Å². The van der Waals surface area contributed by atoms with Gasteiger partial charge in [0.25, 0.3) is 5.91 Å². The van der Waals surface area contributed by atoms with Gasteiger partial charge >= 0.3 is 0 Å². The molecule has 1 aliphatic heterocycles. The Kier molecular flexibility index (Phi) is 6.37. The Morgan fingerprint density at radius 1 is 1.24 bits per heavy atom. The number of carbonyl (C=O) groups is 2. The Balaban J connectivity index is 1.39. The van der Waals surface area contributed by atoms with Gasteiger partial charge in [0.2, 0.25) is 5.91 Å². The quantitative estimate of drug-likeness (QED) is 0.747. The van der Waals surface area contributed by atoms with Crippen molar-refractivity contribution in [3.63, 3.8) is 0 Å². The largest absolute Gasteiger partial charge is 0.378 e. The molecular weight excluding hydrogens is 360 g/mol. The minimum absolute atomic E-state index is 0.200. The van der Waals surface area contributed by atoms with Gasteiger partial charge in [-0.3, -0.25) is 20.4 Å². The molecule has 25 heavy (non-hydrogen) atoms. The van der Waals surface area contributed by atoms with Gasteiger partial charge in [-0.15, -0.1) is 22.7 Å². The predicted molar refractivity (Wildman–Crippen MR) is 98.0 cm³/mol. The Labute approximate surface area is 154 Å². The van der Waals surface area contributed by atoms with E-state index in [0.29, 0.717) is 25.3 Å². The summed E-state index contributed by atoms with van der Waals surface area (Å²) in [5, 5.41) is 4.52. The average Bonchev–Trinajstić information content (AvgIpc) is 3.32. The number of anilines is 1. The number of ether oxygens (including phenoxy) is 1. The second kappa shape index (κ2) is 8.93. The molecule has 2 N–H and O–H groups in total. The van der Waals surface area contributed by atoms with Crippen LogP contribution in [0.2, 0.25) is 0 Å². The van der Waals surface area contributed by atoms with Crippen LogP contribution in [0, 0.1) is 0 Å². The van der Waals surface area contributed by atoms with E-state index in [2.05, 4.69) is 26.8 Å². The summed E-state index contributed by atoms with van der Waals surface area (Å²) >= 11 is 3.10. The third-order valence-corrected chi connectivity index (χ3v) is 5.57. The van der Waals surface area contributed by atoms with Crippen LogP contribution < -0.4 is 15.8 Å². The summed E-state index contributed by atoms with van der Waals surface area (Å²) in [5.74, 6) is -0.601. The van der Waals surface area contributed by atoms with Crippen molar-refractivity contribution in [1.82, 2.24) is 15.8 Å². The van der Waals surface area contributed by atoms with Crippen LogP contribution in [-0.4, -0.2) is 43.1 Å². The van der Waals surface area contributed by atoms with Crippen LogP contribution >= 0.6 is 22.7 Å². The number of morpholine rings is 1. The number of thiophene rings is 1. The van der Waals surface area contributed by atoms with Crippen molar-refractivity contribution in [2.45, 2.75) is 19.3 Å². The van der Waals surface area contributed by atoms with Gasteiger partial charge in [0, 0.05) is 29.8 Å². The van der Waals surface area contributed by atoms with Crippen LogP contribution in [0.15, 0.2) is 22.9 Å². The molecule has 0 bridgehead atoms. The highest BCUT2D eigenvalue weighted by molar-refractivity contribution is 7.14. The van der Waals surface area contributed by atoms with E-state index in [9.17, 15) is 9.59 Å². The fourth-order valence-corrected chi connectivity index (χ4v) is 4.01. The third-order valence-electron chi connectivity index (χ3n) is 3.73. The van der Waals surface area contributed by atoms with Gasteiger partial charge < -0.3 is 9.64 Å². The molecule has 2 aromatic heterocycles. The number of hydrogen-bond acceptors (Lipinski definition) is 7. The fraction of sp³-hybridized carbons (Fsp3) is 0.438. The molecule has 0 radical (unpaired) electrons. The first kappa shape index (κ1) is 17.8. The number of amides is 2. The molecule has 2 aromatic rings. The molecule has 1 aliphatic rings.